The quantitative estimate of drug-likeness (QED) is 0.238. The number of fused-ring (bicyclic) bond motifs is 1. The maximum absolute atomic E-state index is 14.2. The van der Waals surface area contributed by atoms with Gasteiger partial charge < -0.3 is 19.4 Å². The fourth-order valence-electron chi connectivity index (χ4n) is 7.86. The van der Waals surface area contributed by atoms with Crippen LogP contribution in [0.3, 0.4) is 0 Å². The molecule has 0 aliphatic carbocycles. The van der Waals surface area contributed by atoms with E-state index in [9.17, 15) is 32.0 Å². The standard InChI is InChI=1S/C36H44ClF5N8O2/c1-24-6-4-14-46(2)30(24)22-52-34-44-28-21-48(29-8-3-7-27(37)32(29)36(40,41)42)16-11-26(28)33(45-34)49-18-19-50(25(20-49)10-13-43)31(51)9-5-15-47-17-12-35(38,39)23-47/h3,5,7-9,24-25,30H,4,6,10-12,14-23H2,1-2H3/b9-5+/t24?,25-,30+/m0/s1. The Morgan fingerprint density at radius 1 is 1.15 bits per heavy atom. The van der Waals surface area contributed by atoms with E-state index in [-0.39, 0.29) is 87.3 Å². The third-order valence-electron chi connectivity index (χ3n) is 10.7. The fraction of sp³-hybridized carbons (Fsp3) is 0.611. The lowest BCUT2D eigenvalue weighted by atomic mass is 9.92. The van der Waals surface area contributed by atoms with Crippen LogP contribution in [0.1, 0.15) is 49.4 Å². The van der Waals surface area contributed by atoms with E-state index >= 15 is 0 Å². The summed E-state index contributed by atoms with van der Waals surface area (Å²) < 4.78 is 76.0. The van der Waals surface area contributed by atoms with Crippen molar-refractivity contribution in [3.63, 3.8) is 0 Å². The zero-order valence-electron chi connectivity index (χ0n) is 29.4. The molecule has 282 valence electrons. The van der Waals surface area contributed by atoms with Crippen LogP contribution in [0.2, 0.25) is 5.02 Å². The van der Waals surface area contributed by atoms with Crippen molar-refractivity contribution in [2.75, 3.05) is 75.8 Å². The molecule has 1 amide bonds. The summed E-state index contributed by atoms with van der Waals surface area (Å²) in [5, 5.41) is 9.33. The van der Waals surface area contributed by atoms with Crippen molar-refractivity contribution in [3.05, 3.63) is 52.2 Å². The number of benzene rings is 1. The Labute approximate surface area is 305 Å². The van der Waals surface area contributed by atoms with Crippen LogP contribution in [0.4, 0.5) is 33.5 Å². The first kappa shape index (κ1) is 38.0. The van der Waals surface area contributed by atoms with Gasteiger partial charge in [0.05, 0.1) is 53.6 Å². The van der Waals surface area contributed by atoms with Crippen LogP contribution in [0, 0.1) is 17.2 Å². The molecule has 4 aliphatic heterocycles. The van der Waals surface area contributed by atoms with Crippen molar-refractivity contribution >= 4 is 29.0 Å². The summed E-state index contributed by atoms with van der Waals surface area (Å²) in [6, 6.07) is 6.10. The molecule has 1 aromatic carbocycles. The van der Waals surface area contributed by atoms with E-state index in [1.165, 1.54) is 24.3 Å². The summed E-state index contributed by atoms with van der Waals surface area (Å²) in [5.74, 6) is -2.06. The lowest BCUT2D eigenvalue weighted by Gasteiger charge is -2.42. The number of anilines is 2. The highest BCUT2D eigenvalue weighted by molar-refractivity contribution is 6.31. The van der Waals surface area contributed by atoms with E-state index in [2.05, 4.69) is 24.9 Å². The van der Waals surface area contributed by atoms with E-state index in [1.54, 1.807) is 20.8 Å². The summed E-state index contributed by atoms with van der Waals surface area (Å²) in [6.07, 6.45) is 0.673. The molecule has 1 unspecified atom stereocenters. The molecule has 10 nitrogen and oxygen atoms in total. The number of hydrogen-bond acceptors (Lipinski definition) is 9. The number of rotatable bonds is 9. The number of halogens is 6. The molecule has 4 aliphatic rings. The van der Waals surface area contributed by atoms with Crippen LogP contribution in [0.25, 0.3) is 0 Å². The van der Waals surface area contributed by atoms with Crippen molar-refractivity contribution in [2.45, 2.75) is 69.8 Å². The number of carbonyl (C=O) groups excluding carboxylic acids is 1. The lowest BCUT2D eigenvalue weighted by molar-refractivity contribution is -0.137. The second-order valence-corrected chi connectivity index (χ2v) is 14.7. The largest absolute Gasteiger partial charge is 0.462 e. The average molecular weight is 751 g/mol. The number of likely N-dealkylation sites (tertiary alicyclic amines) is 2. The zero-order chi connectivity index (χ0) is 37.2. The van der Waals surface area contributed by atoms with Gasteiger partial charge in [0.2, 0.25) is 5.91 Å². The summed E-state index contributed by atoms with van der Waals surface area (Å²) in [6.45, 7) is 4.87. The van der Waals surface area contributed by atoms with Crippen LogP contribution in [-0.2, 0) is 23.9 Å². The van der Waals surface area contributed by atoms with Gasteiger partial charge in [0.15, 0.2) is 0 Å². The Morgan fingerprint density at radius 2 is 1.96 bits per heavy atom. The summed E-state index contributed by atoms with van der Waals surface area (Å²) >= 11 is 6.08. The Balaban J connectivity index is 1.25. The van der Waals surface area contributed by atoms with Crippen molar-refractivity contribution in [1.82, 2.24) is 24.7 Å². The van der Waals surface area contributed by atoms with Gasteiger partial charge in [-0.05, 0) is 50.9 Å². The maximum atomic E-state index is 14.2. The van der Waals surface area contributed by atoms with E-state index < -0.39 is 23.7 Å². The Morgan fingerprint density at radius 3 is 2.67 bits per heavy atom. The number of carbonyl (C=O) groups is 1. The maximum Gasteiger partial charge on any atom is 0.419 e. The normalized spacial score (nSPS) is 24.3. The van der Waals surface area contributed by atoms with Gasteiger partial charge in [-0.3, -0.25) is 14.6 Å². The number of amides is 1. The number of likely N-dealkylation sites (N-methyl/N-ethyl adjacent to an activating group) is 1. The van der Waals surface area contributed by atoms with Crippen LogP contribution in [0.15, 0.2) is 30.4 Å². The number of nitriles is 1. The Bertz CT molecular complexity index is 1680. The monoisotopic (exact) mass is 750 g/mol. The molecule has 52 heavy (non-hydrogen) atoms. The zero-order valence-corrected chi connectivity index (χ0v) is 30.1. The number of alkyl halides is 5. The van der Waals surface area contributed by atoms with E-state index in [4.69, 9.17) is 26.3 Å². The highest BCUT2D eigenvalue weighted by atomic mass is 35.5. The number of piperazine rings is 1. The van der Waals surface area contributed by atoms with Crippen molar-refractivity contribution < 1.29 is 31.5 Å². The predicted octanol–water partition coefficient (Wildman–Crippen LogP) is 5.65. The molecule has 3 saturated heterocycles. The van der Waals surface area contributed by atoms with Gasteiger partial charge in [0, 0.05) is 63.4 Å². The highest BCUT2D eigenvalue weighted by Gasteiger charge is 2.40. The molecule has 0 spiro atoms. The molecule has 1 aromatic heterocycles. The molecule has 3 fully saturated rings. The molecule has 5 heterocycles. The lowest BCUT2D eigenvalue weighted by Crippen LogP contribution is -2.55. The highest BCUT2D eigenvalue weighted by Crippen LogP contribution is 2.43. The molecule has 0 bridgehead atoms. The first-order chi connectivity index (χ1) is 24.7. The molecule has 6 rings (SSSR count). The van der Waals surface area contributed by atoms with E-state index in [0.29, 0.717) is 37.0 Å². The van der Waals surface area contributed by atoms with Crippen LogP contribution in [0.5, 0.6) is 6.01 Å². The van der Waals surface area contributed by atoms with E-state index in [1.807, 2.05) is 4.90 Å². The number of ether oxygens (including phenoxy) is 1. The molecular weight excluding hydrogens is 707 g/mol. The minimum absolute atomic E-state index is 0.0290. The van der Waals surface area contributed by atoms with Crippen LogP contribution >= 0.6 is 11.6 Å². The van der Waals surface area contributed by atoms with Gasteiger partial charge in [0.25, 0.3) is 5.92 Å². The summed E-state index contributed by atoms with van der Waals surface area (Å²) in [7, 11) is 2.06. The first-order valence-electron chi connectivity index (χ1n) is 17.8. The predicted molar refractivity (Wildman–Crippen MR) is 187 cm³/mol. The molecule has 0 radical (unpaired) electrons. The smallest absolute Gasteiger partial charge is 0.419 e. The SMILES string of the molecule is CC1CCCN(C)[C@@H]1COc1nc2c(c(N3CCN(C(=O)/C=C/CN4CCC(F)(F)C4)[C@@H](CC#N)C3)n1)CCN(c1cccc(Cl)c1C(F)(F)F)C2. The van der Waals surface area contributed by atoms with Crippen LogP contribution in [-0.4, -0.2) is 115 Å². The van der Waals surface area contributed by atoms with Gasteiger partial charge in [-0.25, -0.2) is 8.78 Å². The number of hydrogen-bond donors (Lipinski definition) is 0. The Kier molecular flexibility index (Phi) is 11.5. The minimum Gasteiger partial charge on any atom is -0.462 e. The minimum atomic E-state index is -4.66. The number of aromatic nitrogens is 2. The number of nitrogens with zero attached hydrogens (tertiary/aromatic N) is 8. The molecule has 2 aromatic rings. The van der Waals surface area contributed by atoms with Crippen molar-refractivity contribution in [1.29, 1.82) is 5.26 Å². The molecule has 0 N–H and O–H groups in total. The molecule has 0 saturated carbocycles. The van der Waals surface area contributed by atoms with Crippen molar-refractivity contribution in [2.24, 2.45) is 5.92 Å². The van der Waals surface area contributed by atoms with Gasteiger partial charge in [-0.15, -0.1) is 0 Å². The topological polar surface area (TPSA) is 92.1 Å². The van der Waals surface area contributed by atoms with Gasteiger partial charge in [0.1, 0.15) is 12.4 Å². The molecule has 16 heteroatoms. The fourth-order valence-corrected chi connectivity index (χ4v) is 8.14. The number of piperidine rings is 1. The summed E-state index contributed by atoms with van der Waals surface area (Å²) in [5.41, 5.74) is 0.390. The Hall–Kier alpha value is -3.74. The van der Waals surface area contributed by atoms with E-state index in [0.717, 1.165) is 24.9 Å². The summed E-state index contributed by atoms with van der Waals surface area (Å²) in [4.78, 5) is 32.0. The first-order valence-corrected chi connectivity index (χ1v) is 18.1. The van der Waals surface area contributed by atoms with Gasteiger partial charge in [-0.2, -0.15) is 28.4 Å². The second-order valence-electron chi connectivity index (χ2n) is 14.3. The van der Waals surface area contributed by atoms with Crippen LogP contribution < -0.4 is 14.5 Å². The average Bonchev–Trinajstić information content (AvgIpc) is 3.44. The third kappa shape index (κ3) is 8.55. The van der Waals surface area contributed by atoms with Gasteiger partial charge in [-0.1, -0.05) is 30.7 Å². The van der Waals surface area contributed by atoms with Gasteiger partial charge >= 0.3 is 12.2 Å². The van der Waals surface area contributed by atoms with Crippen molar-refractivity contribution in [3.8, 4) is 12.1 Å². The molecular formula is C36H44ClF5N8O2. The second kappa shape index (κ2) is 15.7. The third-order valence-corrected chi connectivity index (χ3v) is 11.0. The molecule has 3 atom stereocenters.